The first-order valence-electron chi connectivity index (χ1n) is 5.50. The number of nitriles is 1. The lowest BCUT2D eigenvalue weighted by Crippen LogP contribution is -2.31. The molecule has 0 aromatic heterocycles. The second kappa shape index (κ2) is 7.02. The molecule has 0 spiro atoms. The highest BCUT2D eigenvalue weighted by atomic mass is 16.7. The van der Waals surface area contributed by atoms with E-state index >= 15 is 0 Å². The van der Waals surface area contributed by atoms with Gasteiger partial charge in [0.15, 0.2) is 6.29 Å². The third-order valence-corrected chi connectivity index (χ3v) is 2.66. The van der Waals surface area contributed by atoms with E-state index in [0.29, 0.717) is 12.1 Å². The van der Waals surface area contributed by atoms with E-state index in [2.05, 4.69) is 18.3 Å². The molecule has 92 valence electrons. The Morgan fingerprint density at radius 2 is 1.82 bits per heavy atom. The van der Waals surface area contributed by atoms with E-state index in [1.165, 1.54) is 0 Å². The van der Waals surface area contributed by atoms with Gasteiger partial charge in [0.05, 0.1) is 11.6 Å². The van der Waals surface area contributed by atoms with Gasteiger partial charge in [-0.05, 0) is 24.6 Å². The van der Waals surface area contributed by atoms with Crippen LogP contribution < -0.4 is 5.32 Å². The summed E-state index contributed by atoms with van der Waals surface area (Å²) in [4.78, 5) is 0. The van der Waals surface area contributed by atoms with Crippen LogP contribution >= 0.6 is 0 Å². The molecule has 0 radical (unpaired) electrons. The van der Waals surface area contributed by atoms with Crippen LogP contribution in [0.1, 0.15) is 24.1 Å². The molecule has 4 heteroatoms. The predicted octanol–water partition coefficient (Wildman–Crippen LogP) is 1.83. The van der Waals surface area contributed by atoms with Gasteiger partial charge in [-0.15, -0.1) is 0 Å². The first-order valence-corrected chi connectivity index (χ1v) is 5.50. The van der Waals surface area contributed by atoms with Crippen molar-refractivity contribution in [3.8, 4) is 6.07 Å². The van der Waals surface area contributed by atoms with Gasteiger partial charge in [-0.25, -0.2) is 0 Å². The Morgan fingerprint density at radius 1 is 1.24 bits per heavy atom. The van der Waals surface area contributed by atoms with Crippen molar-refractivity contribution in [2.24, 2.45) is 0 Å². The molecule has 0 fully saturated rings. The van der Waals surface area contributed by atoms with Crippen LogP contribution in [0.25, 0.3) is 0 Å². The lowest BCUT2D eigenvalue weighted by molar-refractivity contribution is -0.0997. The molecule has 0 bridgehead atoms. The molecule has 1 rings (SSSR count). The van der Waals surface area contributed by atoms with Gasteiger partial charge in [0.1, 0.15) is 0 Å². The van der Waals surface area contributed by atoms with E-state index in [-0.39, 0.29) is 12.3 Å². The number of methoxy groups -OCH3 is 2. The smallest absolute Gasteiger partial charge is 0.169 e. The first-order chi connectivity index (χ1) is 8.21. The summed E-state index contributed by atoms with van der Waals surface area (Å²) in [5, 5.41) is 12.0. The Hall–Kier alpha value is -1.41. The average molecular weight is 234 g/mol. The highest BCUT2D eigenvalue weighted by Crippen LogP contribution is 2.13. The molecule has 1 N–H and O–H groups in total. The fourth-order valence-corrected chi connectivity index (χ4v) is 1.50. The molecule has 0 aliphatic rings. The van der Waals surface area contributed by atoms with Crippen LogP contribution in [-0.2, 0) is 9.47 Å². The van der Waals surface area contributed by atoms with Gasteiger partial charge in [0.25, 0.3) is 0 Å². The number of nitrogens with one attached hydrogen (secondary N) is 1. The van der Waals surface area contributed by atoms with Crippen molar-refractivity contribution in [2.75, 3.05) is 20.8 Å². The molecule has 1 unspecified atom stereocenters. The second-order valence-corrected chi connectivity index (χ2v) is 3.76. The number of benzene rings is 1. The van der Waals surface area contributed by atoms with E-state index in [9.17, 15) is 0 Å². The van der Waals surface area contributed by atoms with Gasteiger partial charge in [-0.2, -0.15) is 5.26 Å². The third-order valence-electron chi connectivity index (χ3n) is 2.66. The molecule has 17 heavy (non-hydrogen) atoms. The molecule has 0 amide bonds. The molecule has 0 saturated carbocycles. The maximum absolute atomic E-state index is 8.71. The summed E-state index contributed by atoms with van der Waals surface area (Å²) >= 11 is 0. The van der Waals surface area contributed by atoms with Crippen LogP contribution in [-0.4, -0.2) is 27.1 Å². The van der Waals surface area contributed by atoms with Crippen LogP contribution in [0.2, 0.25) is 0 Å². The number of hydrogen-bond acceptors (Lipinski definition) is 4. The standard InChI is InChI=1S/C13H18N2O2/c1-10(15-9-13(16-2)17-3)12-6-4-11(8-14)5-7-12/h4-7,10,13,15H,9H2,1-3H3. The molecule has 4 nitrogen and oxygen atoms in total. The minimum Gasteiger partial charge on any atom is -0.355 e. The first kappa shape index (κ1) is 13.7. The number of ether oxygens (including phenoxy) is 2. The minimum atomic E-state index is -0.240. The lowest BCUT2D eigenvalue weighted by atomic mass is 10.1. The van der Waals surface area contributed by atoms with Crippen molar-refractivity contribution in [2.45, 2.75) is 19.3 Å². The van der Waals surface area contributed by atoms with Crippen molar-refractivity contribution in [3.63, 3.8) is 0 Å². The second-order valence-electron chi connectivity index (χ2n) is 3.76. The summed E-state index contributed by atoms with van der Waals surface area (Å²) in [6, 6.07) is 9.82. The Balaban J connectivity index is 2.52. The van der Waals surface area contributed by atoms with Crippen molar-refractivity contribution >= 4 is 0 Å². The van der Waals surface area contributed by atoms with Gasteiger partial charge in [0.2, 0.25) is 0 Å². The van der Waals surface area contributed by atoms with Crippen LogP contribution in [0.15, 0.2) is 24.3 Å². The van der Waals surface area contributed by atoms with Crippen LogP contribution in [0.3, 0.4) is 0 Å². The zero-order valence-electron chi connectivity index (χ0n) is 10.4. The molecule has 0 heterocycles. The summed E-state index contributed by atoms with van der Waals surface area (Å²) in [5.41, 5.74) is 1.81. The van der Waals surface area contributed by atoms with Gasteiger partial charge >= 0.3 is 0 Å². The normalized spacial score (nSPS) is 12.4. The van der Waals surface area contributed by atoms with Gasteiger partial charge in [0, 0.05) is 26.8 Å². The summed E-state index contributed by atoms with van der Waals surface area (Å²) in [7, 11) is 3.23. The van der Waals surface area contributed by atoms with E-state index in [1.807, 2.05) is 24.3 Å². The summed E-state index contributed by atoms with van der Waals surface area (Å²) in [6.07, 6.45) is -0.240. The maximum atomic E-state index is 8.71. The number of nitrogens with zero attached hydrogens (tertiary/aromatic N) is 1. The molecular formula is C13H18N2O2. The zero-order valence-corrected chi connectivity index (χ0v) is 10.4. The number of rotatable bonds is 6. The van der Waals surface area contributed by atoms with Crippen molar-refractivity contribution in [3.05, 3.63) is 35.4 Å². The summed E-state index contributed by atoms with van der Waals surface area (Å²) in [6.45, 7) is 2.68. The molecule has 1 aromatic carbocycles. The summed E-state index contributed by atoms with van der Waals surface area (Å²) < 4.78 is 10.2. The monoisotopic (exact) mass is 234 g/mol. The van der Waals surface area contributed by atoms with E-state index in [1.54, 1.807) is 14.2 Å². The Labute approximate surface area is 102 Å². The van der Waals surface area contributed by atoms with Crippen LogP contribution in [0, 0.1) is 11.3 Å². The van der Waals surface area contributed by atoms with Gasteiger partial charge < -0.3 is 14.8 Å². The molecule has 1 aromatic rings. The Kier molecular flexibility index (Phi) is 5.64. The zero-order chi connectivity index (χ0) is 12.7. The molecular weight excluding hydrogens is 216 g/mol. The van der Waals surface area contributed by atoms with E-state index < -0.39 is 0 Å². The van der Waals surface area contributed by atoms with Crippen molar-refractivity contribution in [1.29, 1.82) is 5.26 Å². The van der Waals surface area contributed by atoms with Crippen LogP contribution in [0.4, 0.5) is 0 Å². The molecule has 0 aliphatic heterocycles. The predicted molar refractivity (Wildman–Crippen MR) is 65.4 cm³/mol. The highest BCUT2D eigenvalue weighted by Gasteiger charge is 2.09. The number of hydrogen-bond donors (Lipinski definition) is 1. The van der Waals surface area contributed by atoms with Crippen molar-refractivity contribution in [1.82, 2.24) is 5.32 Å². The van der Waals surface area contributed by atoms with Crippen LogP contribution in [0.5, 0.6) is 0 Å². The van der Waals surface area contributed by atoms with Crippen molar-refractivity contribution < 1.29 is 9.47 Å². The lowest BCUT2D eigenvalue weighted by Gasteiger charge is -2.18. The summed E-state index contributed by atoms with van der Waals surface area (Å²) in [5.74, 6) is 0. The van der Waals surface area contributed by atoms with E-state index in [4.69, 9.17) is 14.7 Å². The van der Waals surface area contributed by atoms with E-state index in [0.717, 1.165) is 5.56 Å². The largest absolute Gasteiger partial charge is 0.355 e. The Bertz CT molecular complexity index is 366. The molecule has 0 saturated heterocycles. The Morgan fingerprint density at radius 3 is 2.29 bits per heavy atom. The minimum absolute atomic E-state index is 0.190. The SMILES string of the molecule is COC(CNC(C)c1ccc(C#N)cc1)OC. The molecule has 0 aliphatic carbocycles. The highest BCUT2D eigenvalue weighted by molar-refractivity contribution is 5.32. The third kappa shape index (κ3) is 4.16. The fourth-order valence-electron chi connectivity index (χ4n) is 1.50. The topological polar surface area (TPSA) is 54.3 Å². The quantitative estimate of drug-likeness (QED) is 0.763. The van der Waals surface area contributed by atoms with Gasteiger partial charge in [-0.3, -0.25) is 0 Å². The fraction of sp³-hybridized carbons (Fsp3) is 0.462. The maximum Gasteiger partial charge on any atom is 0.169 e. The molecule has 1 atom stereocenters. The van der Waals surface area contributed by atoms with Gasteiger partial charge in [-0.1, -0.05) is 12.1 Å². The average Bonchev–Trinajstić information content (AvgIpc) is 2.39.